The fourth-order valence-electron chi connectivity index (χ4n) is 1.56. The third-order valence-electron chi connectivity index (χ3n) is 2.93. The van der Waals surface area contributed by atoms with Crippen LogP contribution in [0.25, 0.3) is 0 Å². The Morgan fingerprint density at radius 2 is 1.67 bits per heavy atom. The Balaban J connectivity index is 2.65. The van der Waals surface area contributed by atoms with Crippen LogP contribution in [0.2, 0.25) is 0 Å². The van der Waals surface area contributed by atoms with Gasteiger partial charge in [0.25, 0.3) is 0 Å². The maximum atomic E-state index is 11.3. The van der Waals surface area contributed by atoms with Gasteiger partial charge in [-0.3, -0.25) is 0 Å². The van der Waals surface area contributed by atoms with Gasteiger partial charge < -0.3 is 5.73 Å². The van der Waals surface area contributed by atoms with Crippen LogP contribution in [-0.4, -0.2) is 20.7 Å². The van der Waals surface area contributed by atoms with E-state index in [1.807, 2.05) is 24.3 Å². The number of sulfonamides is 1. The van der Waals surface area contributed by atoms with Crippen LogP contribution in [0.5, 0.6) is 0 Å². The Bertz CT molecular complexity index is 466. The minimum Gasteiger partial charge on any atom is -0.323 e. The van der Waals surface area contributed by atoms with E-state index in [1.54, 1.807) is 6.92 Å². The van der Waals surface area contributed by atoms with Crippen molar-refractivity contribution in [2.24, 2.45) is 5.73 Å². The predicted octanol–water partition coefficient (Wildman–Crippen LogP) is 1.75. The van der Waals surface area contributed by atoms with Crippen LogP contribution in [0.1, 0.15) is 43.9 Å². The highest BCUT2D eigenvalue weighted by atomic mass is 32.2. The van der Waals surface area contributed by atoms with Gasteiger partial charge in [0.05, 0.1) is 5.75 Å². The Hall–Kier alpha value is -0.910. The molecule has 0 saturated heterocycles. The maximum Gasteiger partial charge on any atom is 0.211 e. The molecule has 102 valence electrons. The molecule has 0 radical (unpaired) electrons. The van der Waals surface area contributed by atoms with Gasteiger partial charge in [0.2, 0.25) is 10.0 Å². The van der Waals surface area contributed by atoms with Crippen LogP contribution in [0, 0.1) is 0 Å². The minimum absolute atomic E-state index is 0.0754. The number of nitrogens with two attached hydrogens (primary N) is 1. The molecule has 0 aromatic heterocycles. The predicted molar refractivity (Wildman–Crippen MR) is 74.9 cm³/mol. The van der Waals surface area contributed by atoms with Gasteiger partial charge in [-0.2, -0.15) is 0 Å². The van der Waals surface area contributed by atoms with Crippen molar-refractivity contribution in [1.82, 2.24) is 4.72 Å². The average Bonchev–Trinajstić information content (AvgIpc) is 2.36. The van der Waals surface area contributed by atoms with Gasteiger partial charge in [-0.1, -0.05) is 38.1 Å². The van der Waals surface area contributed by atoms with Crippen LogP contribution in [0.3, 0.4) is 0 Å². The van der Waals surface area contributed by atoms with Crippen molar-refractivity contribution in [1.29, 1.82) is 0 Å². The van der Waals surface area contributed by atoms with Crippen molar-refractivity contribution in [2.45, 2.75) is 32.7 Å². The van der Waals surface area contributed by atoms with E-state index >= 15 is 0 Å². The van der Waals surface area contributed by atoms with Crippen LogP contribution in [0.15, 0.2) is 24.3 Å². The molecule has 0 aliphatic carbocycles. The van der Waals surface area contributed by atoms with E-state index in [0.717, 1.165) is 5.56 Å². The third-order valence-corrected chi connectivity index (χ3v) is 4.30. The number of nitrogens with one attached hydrogen (secondary N) is 1. The van der Waals surface area contributed by atoms with Gasteiger partial charge in [-0.15, -0.1) is 0 Å². The summed E-state index contributed by atoms with van der Waals surface area (Å²) in [5.74, 6) is 0.556. The fourth-order valence-corrected chi connectivity index (χ4v) is 2.20. The quantitative estimate of drug-likeness (QED) is 0.827. The zero-order valence-corrected chi connectivity index (χ0v) is 12.0. The molecule has 18 heavy (non-hydrogen) atoms. The lowest BCUT2D eigenvalue weighted by atomic mass is 9.99. The second-order valence-corrected chi connectivity index (χ2v) is 6.78. The molecule has 1 rings (SSSR count). The smallest absolute Gasteiger partial charge is 0.211 e. The normalized spacial score (nSPS) is 13.8. The van der Waals surface area contributed by atoms with E-state index < -0.39 is 10.0 Å². The number of hydrogen-bond donors (Lipinski definition) is 2. The summed E-state index contributed by atoms with van der Waals surface area (Å²) in [6.07, 6.45) is 0. The van der Waals surface area contributed by atoms with Gasteiger partial charge >= 0.3 is 0 Å². The van der Waals surface area contributed by atoms with Crippen LogP contribution in [0.4, 0.5) is 0 Å². The monoisotopic (exact) mass is 270 g/mol. The van der Waals surface area contributed by atoms with Gasteiger partial charge in [0, 0.05) is 12.6 Å². The summed E-state index contributed by atoms with van der Waals surface area (Å²) in [4.78, 5) is 0. The van der Waals surface area contributed by atoms with Crippen molar-refractivity contribution in [3.8, 4) is 0 Å². The van der Waals surface area contributed by atoms with Crippen molar-refractivity contribution >= 4 is 10.0 Å². The molecule has 0 heterocycles. The largest absolute Gasteiger partial charge is 0.323 e. The summed E-state index contributed by atoms with van der Waals surface area (Å²) >= 11 is 0. The molecule has 0 fully saturated rings. The van der Waals surface area contributed by atoms with E-state index in [2.05, 4.69) is 18.6 Å². The van der Waals surface area contributed by atoms with Crippen LogP contribution < -0.4 is 10.5 Å². The lowest BCUT2D eigenvalue weighted by Crippen LogP contribution is -2.32. The van der Waals surface area contributed by atoms with E-state index in [9.17, 15) is 8.42 Å². The van der Waals surface area contributed by atoms with E-state index in [4.69, 9.17) is 5.73 Å². The first-order valence-corrected chi connectivity index (χ1v) is 7.83. The number of rotatable bonds is 6. The van der Waals surface area contributed by atoms with E-state index in [0.29, 0.717) is 5.92 Å². The second-order valence-electron chi connectivity index (χ2n) is 4.68. The maximum absolute atomic E-state index is 11.3. The summed E-state index contributed by atoms with van der Waals surface area (Å²) in [6, 6.07) is 7.68. The highest BCUT2D eigenvalue weighted by molar-refractivity contribution is 7.89. The molecule has 0 aliphatic heterocycles. The molecule has 4 nitrogen and oxygen atoms in total. The molecule has 5 heteroatoms. The van der Waals surface area contributed by atoms with Crippen molar-refractivity contribution in [3.05, 3.63) is 35.4 Å². The van der Waals surface area contributed by atoms with E-state index in [1.165, 1.54) is 5.56 Å². The van der Waals surface area contributed by atoms with Gasteiger partial charge in [0.15, 0.2) is 0 Å². The minimum atomic E-state index is -3.17. The van der Waals surface area contributed by atoms with Gasteiger partial charge in [-0.25, -0.2) is 13.1 Å². The lowest BCUT2D eigenvalue weighted by Gasteiger charge is -2.14. The molecule has 0 unspecified atom stereocenters. The molecule has 1 aromatic carbocycles. The van der Waals surface area contributed by atoms with Crippen molar-refractivity contribution in [2.75, 3.05) is 12.3 Å². The first-order chi connectivity index (χ1) is 8.35. The molecule has 3 N–H and O–H groups in total. The molecule has 0 aliphatic rings. The lowest BCUT2D eigenvalue weighted by molar-refractivity contribution is 0.573. The number of hydrogen-bond acceptors (Lipinski definition) is 3. The molecule has 0 amide bonds. The SMILES string of the molecule is CCS(=O)(=O)NC[C@@H](N)c1ccc(C(C)C)cc1. The molecule has 0 saturated carbocycles. The second kappa shape index (κ2) is 6.31. The highest BCUT2D eigenvalue weighted by Gasteiger charge is 2.11. The van der Waals surface area contributed by atoms with Gasteiger partial charge in [0.1, 0.15) is 0 Å². The summed E-state index contributed by atoms with van der Waals surface area (Å²) in [5, 5.41) is 0. The zero-order chi connectivity index (χ0) is 13.8. The summed E-state index contributed by atoms with van der Waals surface area (Å²) < 4.78 is 25.1. The Morgan fingerprint density at radius 1 is 1.17 bits per heavy atom. The molecule has 0 spiro atoms. The van der Waals surface area contributed by atoms with E-state index in [-0.39, 0.29) is 18.3 Å². The molecule has 0 bridgehead atoms. The standard InChI is InChI=1S/C13H22N2O2S/c1-4-18(16,17)15-9-13(14)12-7-5-11(6-8-12)10(2)3/h5-8,10,13,15H,4,9,14H2,1-3H3/t13-/m1/s1. The summed E-state index contributed by atoms with van der Waals surface area (Å²) in [6.45, 7) is 6.09. The third kappa shape index (κ3) is 4.40. The molecule has 1 atom stereocenters. The summed E-state index contributed by atoms with van der Waals surface area (Å²) in [7, 11) is -3.17. The average molecular weight is 270 g/mol. The Kier molecular flexibility index (Phi) is 5.31. The van der Waals surface area contributed by atoms with Crippen molar-refractivity contribution < 1.29 is 8.42 Å². The first kappa shape index (κ1) is 15.1. The Labute approximate surface area is 110 Å². The highest BCUT2D eigenvalue weighted by Crippen LogP contribution is 2.17. The molecular weight excluding hydrogens is 248 g/mol. The van der Waals surface area contributed by atoms with Crippen LogP contribution >= 0.6 is 0 Å². The number of benzene rings is 1. The molecular formula is C13H22N2O2S. The topological polar surface area (TPSA) is 72.2 Å². The van der Waals surface area contributed by atoms with Gasteiger partial charge in [-0.05, 0) is 24.0 Å². The summed E-state index contributed by atoms with van der Waals surface area (Å²) in [5.41, 5.74) is 8.15. The molecule has 1 aromatic rings. The van der Waals surface area contributed by atoms with Crippen molar-refractivity contribution in [3.63, 3.8) is 0 Å². The van der Waals surface area contributed by atoms with Crippen LogP contribution in [-0.2, 0) is 10.0 Å². The Morgan fingerprint density at radius 3 is 2.11 bits per heavy atom. The fraction of sp³-hybridized carbons (Fsp3) is 0.538. The first-order valence-electron chi connectivity index (χ1n) is 6.18. The zero-order valence-electron chi connectivity index (χ0n) is 11.2.